The maximum Gasteiger partial charge on any atom is 0.129 e. The van der Waals surface area contributed by atoms with E-state index in [1.807, 2.05) is 0 Å². The molecule has 1 heterocycles. The highest BCUT2D eigenvalue weighted by molar-refractivity contribution is 5.44. The molecule has 1 aliphatic heterocycles. The molecule has 1 fully saturated rings. The lowest BCUT2D eigenvalue weighted by Crippen LogP contribution is -2.46. The third kappa shape index (κ3) is 1.96. The van der Waals surface area contributed by atoms with Crippen molar-refractivity contribution in [1.29, 1.82) is 5.26 Å². The van der Waals surface area contributed by atoms with Crippen molar-refractivity contribution in [2.24, 2.45) is 0 Å². The lowest BCUT2D eigenvalue weighted by molar-refractivity contribution is -0.0301. The quantitative estimate of drug-likeness (QED) is 0.741. The van der Waals surface area contributed by atoms with Crippen molar-refractivity contribution in [3.63, 3.8) is 0 Å². The van der Waals surface area contributed by atoms with Crippen molar-refractivity contribution in [3.8, 4) is 6.07 Å². The van der Waals surface area contributed by atoms with Crippen molar-refractivity contribution in [3.05, 3.63) is 34.9 Å². The molecule has 17 heavy (non-hydrogen) atoms. The van der Waals surface area contributed by atoms with Gasteiger partial charge in [0.2, 0.25) is 0 Å². The number of nitrogens with zero attached hydrogens (tertiary/aromatic N) is 1. The molecule has 1 aromatic carbocycles. The maximum atomic E-state index is 9.31. The fraction of sp³-hybridized carbons (Fsp3) is 0.533. The molecule has 1 aliphatic rings. The Labute approximate surface area is 103 Å². The first-order valence-corrected chi connectivity index (χ1v) is 6.00. The Kier molecular flexibility index (Phi) is 2.75. The molecular weight excluding hydrogens is 210 g/mol. The van der Waals surface area contributed by atoms with Gasteiger partial charge in [0.1, 0.15) is 5.41 Å². The second-order valence-corrected chi connectivity index (χ2v) is 5.97. The van der Waals surface area contributed by atoms with Gasteiger partial charge in [0.25, 0.3) is 0 Å². The van der Waals surface area contributed by atoms with Crippen LogP contribution in [0.5, 0.6) is 0 Å². The van der Waals surface area contributed by atoms with Crippen LogP contribution in [0, 0.1) is 18.3 Å². The summed E-state index contributed by atoms with van der Waals surface area (Å²) in [6.07, 6.45) is 0. The molecule has 0 amide bonds. The van der Waals surface area contributed by atoms with E-state index in [1.54, 1.807) is 0 Å². The number of benzene rings is 1. The average Bonchev–Trinajstić information content (AvgIpc) is 2.17. The summed E-state index contributed by atoms with van der Waals surface area (Å²) >= 11 is 0. The molecule has 0 spiro atoms. The summed E-state index contributed by atoms with van der Waals surface area (Å²) in [6, 6.07) is 8.84. The summed E-state index contributed by atoms with van der Waals surface area (Å²) in [7, 11) is 0. The average molecular weight is 229 g/mol. The number of nitriles is 1. The maximum absolute atomic E-state index is 9.31. The highest BCUT2D eigenvalue weighted by atomic mass is 16.5. The van der Waals surface area contributed by atoms with Gasteiger partial charge < -0.3 is 4.74 Å². The van der Waals surface area contributed by atoms with E-state index in [2.05, 4.69) is 52.0 Å². The zero-order chi connectivity index (χ0) is 12.7. The van der Waals surface area contributed by atoms with Crippen LogP contribution < -0.4 is 0 Å². The first-order chi connectivity index (χ1) is 7.89. The number of aryl methyl sites for hydroxylation is 1. The molecule has 0 aromatic heterocycles. The van der Waals surface area contributed by atoms with Gasteiger partial charge in [-0.3, -0.25) is 0 Å². The van der Waals surface area contributed by atoms with Gasteiger partial charge in [-0.25, -0.2) is 0 Å². The van der Waals surface area contributed by atoms with Crippen LogP contribution in [0.2, 0.25) is 0 Å². The lowest BCUT2D eigenvalue weighted by atomic mass is 9.76. The number of hydrogen-bond donors (Lipinski definition) is 0. The first-order valence-electron chi connectivity index (χ1n) is 6.00. The summed E-state index contributed by atoms with van der Waals surface area (Å²) in [6.45, 7) is 9.75. The SMILES string of the molecule is Cc1cc(C(C)(C)C)ccc1C1(C#N)COC1. The molecular formula is C15H19NO. The van der Waals surface area contributed by atoms with Gasteiger partial charge in [0.15, 0.2) is 0 Å². The summed E-state index contributed by atoms with van der Waals surface area (Å²) in [5.41, 5.74) is 3.38. The van der Waals surface area contributed by atoms with Crippen LogP contribution in [0.1, 0.15) is 37.5 Å². The second kappa shape index (κ2) is 3.85. The molecule has 2 heteroatoms. The molecule has 0 atom stereocenters. The smallest absolute Gasteiger partial charge is 0.129 e. The standard InChI is InChI=1S/C15H19NO/c1-11-7-12(14(2,3)4)5-6-13(11)15(8-16)9-17-10-15/h5-7H,9-10H2,1-4H3. The largest absolute Gasteiger partial charge is 0.377 e. The van der Waals surface area contributed by atoms with Gasteiger partial charge in [-0.1, -0.05) is 39.0 Å². The van der Waals surface area contributed by atoms with Crippen LogP contribution in [-0.2, 0) is 15.6 Å². The molecule has 2 nitrogen and oxygen atoms in total. The Morgan fingerprint density at radius 1 is 1.29 bits per heavy atom. The van der Waals surface area contributed by atoms with E-state index in [1.165, 1.54) is 11.1 Å². The number of hydrogen-bond acceptors (Lipinski definition) is 2. The molecule has 90 valence electrons. The van der Waals surface area contributed by atoms with E-state index < -0.39 is 5.41 Å². The van der Waals surface area contributed by atoms with Crippen LogP contribution in [0.15, 0.2) is 18.2 Å². The monoisotopic (exact) mass is 229 g/mol. The van der Waals surface area contributed by atoms with E-state index in [4.69, 9.17) is 4.74 Å². The van der Waals surface area contributed by atoms with Crippen LogP contribution in [0.3, 0.4) is 0 Å². The summed E-state index contributed by atoms with van der Waals surface area (Å²) in [5.74, 6) is 0. The predicted molar refractivity (Wildman–Crippen MR) is 68.0 cm³/mol. The lowest BCUT2D eigenvalue weighted by Gasteiger charge is -2.37. The highest BCUT2D eigenvalue weighted by Gasteiger charge is 2.41. The van der Waals surface area contributed by atoms with Crippen LogP contribution >= 0.6 is 0 Å². The molecule has 0 bridgehead atoms. The minimum absolute atomic E-state index is 0.152. The van der Waals surface area contributed by atoms with Crippen LogP contribution in [0.4, 0.5) is 0 Å². The Morgan fingerprint density at radius 3 is 2.29 bits per heavy atom. The molecule has 0 radical (unpaired) electrons. The van der Waals surface area contributed by atoms with Gasteiger partial charge in [0.05, 0.1) is 19.3 Å². The van der Waals surface area contributed by atoms with Crippen LogP contribution in [0.25, 0.3) is 0 Å². The molecule has 2 rings (SSSR count). The molecule has 1 saturated heterocycles. The fourth-order valence-electron chi connectivity index (χ4n) is 2.25. The Hall–Kier alpha value is -1.33. The zero-order valence-electron chi connectivity index (χ0n) is 11.0. The van der Waals surface area contributed by atoms with Crippen molar-refractivity contribution in [2.75, 3.05) is 13.2 Å². The third-order valence-electron chi connectivity index (χ3n) is 3.52. The Balaban J connectivity index is 2.43. The van der Waals surface area contributed by atoms with E-state index in [0.717, 1.165) is 5.56 Å². The molecule has 0 saturated carbocycles. The predicted octanol–water partition coefficient (Wildman–Crippen LogP) is 3.08. The van der Waals surface area contributed by atoms with E-state index in [0.29, 0.717) is 13.2 Å². The number of rotatable bonds is 1. The van der Waals surface area contributed by atoms with Crippen molar-refractivity contribution in [1.82, 2.24) is 0 Å². The summed E-state index contributed by atoms with van der Waals surface area (Å²) < 4.78 is 5.21. The third-order valence-corrected chi connectivity index (χ3v) is 3.52. The number of ether oxygens (including phenoxy) is 1. The Bertz CT molecular complexity index is 473. The van der Waals surface area contributed by atoms with Gasteiger partial charge in [-0.2, -0.15) is 5.26 Å². The molecule has 0 unspecified atom stereocenters. The van der Waals surface area contributed by atoms with E-state index in [9.17, 15) is 5.26 Å². The molecule has 0 N–H and O–H groups in total. The molecule has 1 aromatic rings. The van der Waals surface area contributed by atoms with Gasteiger partial charge in [0, 0.05) is 0 Å². The minimum atomic E-state index is -0.402. The molecule has 0 aliphatic carbocycles. The van der Waals surface area contributed by atoms with Crippen molar-refractivity contribution >= 4 is 0 Å². The second-order valence-electron chi connectivity index (χ2n) is 5.97. The first kappa shape index (κ1) is 12.1. The van der Waals surface area contributed by atoms with Crippen molar-refractivity contribution in [2.45, 2.75) is 38.5 Å². The topological polar surface area (TPSA) is 33.0 Å². The zero-order valence-corrected chi connectivity index (χ0v) is 11.0. The van der Waals surface area contributed by atoms with Crippen LogP contribution in [-0.4, -0.2) is 13.2 Å². The summed E-state index contributed by atoms with van der Waals surface area (Å²) in [4.78, 5) is 0. The highest BCUT2D eigenvalue weighted by Crippen LogP contribution is 2.35. The Morgan fingerprint density at radius 2 is 1.94 bits per heavy atom. The van der Waals surface area contributed by atoms with Gasteiger partial charge >= 0.3 is 0 Å². The van der Waals surface area contributed by atoms with Crippen molar-refractivity contribution < 1.29 is 4.74 Å². The van der Waals surface area contributed by atoms with E-state index in [-0.39, 0.29) is 5.41 Å². The minimum Gasteiger partial charge on any atom is -0.377 e. The fourth-order valence-corrected chi connectivity index (χ4v) is 2.25. The van der Waals surface area contributed by atoms with Gasteiger partial charge in [-0.05, 0) is 29.0 Å². The van der Waals surface area contributed by atoms with E-state index >= 15 is 0 Å². The normalized spacial score (nSPS) is 18.3. The van der Waals surface area contributed by atoms with Gasteiger partial charge in [-0.15, -0.1) is 0 Å². The summed E-state index contributed by atoms with van der Waals surface area (Å²) in [5, 5.41) is 9.31.